The van der Waals surface area contributed by atoms with Gasteiger partial charge in [0, 0.05) is 12.5 Å². The summed E-state index contributed by atoms with van der Waals surface area (Å²) in [5, 5.41) is 8.61. The second-order valence-electron chi connectivity index (χ2n) is 1.83. The van der Waals surface area contributed by atoms with Crippen molar-refractivity contribution >= 4 is 34.8 Å². The molecule has 0 aliphatic heterocycles. The molecule has 9 heavy (non-hydrogen) atoms. The number of aliphatic hydroxyl groups excluding tert-OH is 1. The molecule has 0 saturated carbocycles. The molecule has 0 saturated heterocycles. The minimum atomic E-state index is -1.32. The van der Waals surface area contributed by atoms with Gasteiger partial charge in [0.25, 0.3) is 0 Å². The van der Waals surface area contributed by atoms with E-state index in [2.05, 4.69) is 0 Å². The van der Waals surface area contributed by atoms with Crippen molar-refractivity contribution in [2.24, 2.45) is 5.92 Å². The molecule has 0 heterocycles. The monoisotopic (exact) mass is 190 g/mol. The van der Waals surface area contributed by atoms with Crippen LogP contribution in [0.2, 0.25) is 0 Å². The van der Waals surface area contributed by atoms with E-state index in [9.17, 15) is 0 Å². The Bertz CT molecular complexity index is 74.8. The normalized spacial score (nSPS) is 15.7. The van der Waals surface area contributed by atoms with Crippen LogP contribution in [0.3, 0.4) is 0 Å². The summed E-state index contributed by atoms with van der Waals surface area (Å²) in [6, 6.07) is 0. The largest absolute Gasteiger partial charge is 0.396 e. The van der Waals surface area contributed by atoms with Gasteiger partial charge in [-0.15, -0.1) is 0 Å². The highest BCUT2D eigenvalue weighted by Crippen LogP contribution is 2.36. The van der Waals surface area contributed by atoms with Crippen LogP contribution < -0.4 is 0 Å². The fraction of sp³-hybridized carbons (Fsp3) is 1.00. The quantitative estimate of drug-likeness (QED) is 0.665. The average molecular weight is 191 g/mol. The van der Waals surface area contributed by atoms with E-state index in [0.29, 0.717) is 6.42 Å². The maximum Gasteiger partial charge on any atom is 0.195 e. The van der Waals surface area contributed by atoms with Crippen LogP contribution in [0, 0.1) is 5.92 Å². The fourth-order valence-electron chi connectivity index (χ4n) is 0.464. The van der Waals surface area contributed by atoms with Gasteiger partial charge in [-0.25, -0.2) is 0 Å². The number of hydrogen-bond acceptors (Lipinski definition) is 1. The van der Waals surface area contributed by atoms with Gasteiger partial charge < -0.3 is 5.11 Å². The molecule has 1 atom stereocenters. The third kappa shape index (κ3) is 3.51. The molecule has 0 amide bonds. The maximum atomic E-state index is 8.61. The molecular weight excluding hydrogens is 182 g/mol. The van der Waals surface area contributed by atoms with Crippen molar-refractivity contribution in [1.82, 2.24) is 0 Å². The van der Waals surface area contributed by atoms with Crippen molar-refractivity contribution in [3.63, 3.8) is 0 Å². The van der Waals surface area contributed by atoms with Gasteiger partial charge >= 0.3 is 0 Å². The van der Waals surface area contributed by atoms with Crippen molar-refractivity contribution < 1.29 is 5.11 Å². The Kier molecular flexibility index (Phi) is 4.22. The molecule has 0 rings (SSSR count). The predicted octanol–water partition coefficient (Wildman–Crippen LogP) is 2.38. The van der Waals surface area contributed by atoms with E-state index in [4.69, 9.17) is 39.9 Å². The van der Waals surface area contributed by atoms with Gasteiger partial charge in [0.15, 0.2) is 3.79 Å². The van der Waals surface area contributed by atoms with Crippen LogP contribution in [0.4, 0.5) is 0 Å². The molecule has 0 bridgehead atoms. The minimum absolute atomic E-state index is 0.0764. The highest BCUT2D eigenvalue weighted by atomic mass is 35.6. The van der Waals surface area contributed by atoms with Gasteiger partial charge in [0.1, 0.15) is 0 Å². The summed E-state index contributed by atoms with van der Waals surface area (Å²) in [7, 11) is 0. The Morgan fingerprint density at radius 2 is 1.89 bits per heavy atom. The number of aliphatic hydroxyl groups is 1. The Morgan fingerprint density at radius 1 is 1.44 bits per heavy atom. The van der Waals surface area contributed by atoms with Crippen LogP contribution in [0.1, 0.15) is 13.3 Å². The van der Waals surface area contributed by atoms with Crippen molar-refractivity contribution in [1.29, 1.82) is 0 Å². The lowest BCUT2D eigenvalue weighted by atomic mass is 10.1. The van der Waals surface area contributed by atoms with Crippen LogP contribution in [0.5, 0.6) is 0 Å². The van der Waals surface area contributed by atoms with Crippen LogP contribution in [0.25, 0.3) is 0 Å². The predicted molar refractivity (Wildman–Crippen MR) is 41.2 cm³/mol. The number of rotatable bonds is 2. The van der Waals surface area contributed by atoms with E-state index in [1.165, 1.54) is 0 Å². The van der Waals surface area contributed by atoms with E-state index < -0.39 is 3.79 Å². The zero-order valence-electron chi connectivity index (χ0n) is 5.07. The first-order chi connectivity index (χ1) is 4.02. The molecule has 0 aliphatic rings. The van der Waals surface area contributed by atoms with Crippen molar-refractivity contribution in [2.75, 3.05) is 6.61 Å². The van der Waals surface area contributed by atoms with Gasteiger partial charge in [-0.3, -0.25) is 0 Å². The molecule has 0 radical (unpaired) electrons. The molecule has 1 N–H and O–H groups in total. The van der Waals surface area contributed by atoms with Gasteiger partial charge in [-0.2, -0.15) is 0 Å². The third-order valence-electron chi connectivity index (χ3n) is 1.18. The highest BCUT2D eigenvalue weighted by Gasteiger charge is 2.29. The molecule has 0 spiro atoms. The first-order valence-corrected chi connectivity index (χ1v) is 3.83. The molecule has 56 valence electrons. The molecule has 1 nitrogen and oxygen atoms in total. The lowest BCUT2D eigenvalue weighted by Gasteiger charge is -2.19. The summed E-state index contributed by atoms with van der Waals surface area (Å²) in [6.07, 6.45) is 0.674. The standard InChI is InChI=1S/C5H9Cl3O/c1-2-4(3-9)5(6,7)8/h4,9H,2-3H2,1H3. The Balaban J connectivity index is 3.79. The molecule has 0 aliphatic carbocycles. The molecular formula is C5H9Cl3O. The fourth-order valence-corrected chi connectivity index (χ4v) is 1.13. The first kappa shape index (κ1) is 9.83. The topological polar surface area (TPSA) is 20.2 Å². The lowest BCUT2D eigenvalue weighted by Crippen LogP contribution is -2.21. The summed E-state index contributed by atoms with van der Waals surface area (Å²) < 4.78 is -1.32. The summed E-state index contributed by atoms with van der Waals surface area (Å²) in [5.41, 5.74) is 0. The maximum absolute atomic E-state index is 8.61. The van der Waals surface area contributed by atoms with Crippen LogP contribution in [-0.2, 0) is 0 Å². The lowest BCUT2D eigenvalue weighted by molar-refractivity contribution is 0.224. The Hall–Kier alpha value is 0.830. The number of halogens is 3. The second-order valence-corrected chi connectivity index (χ2v) is 4.20. The third-order valence-corrected chi connectivity index (χ3v) is 2.10. The molecule has 4 heteroatoms. The molecule has 0 fully saturated rings. The Labute approximate surface area is 69.9 Å². The van der Waals surface area contributed by atoms with E-state index in [-0.39, 0.29) is 12.5 Å². The van der Waals surface area contributed by atoms with Crippen molar-refractivity contribution in [3.05, 3.63) is 0 Å². The smallest absolute Gasteiger partial charge is 0.195 e. The molecule has 1 unspecified atom stereocenters. The molecule has 0 aromatic carbocycles. The second kappa shape index (κ2) is 3.87. The number of alkyl halides is 3. The van der Waals surface area contributed by atoms with Gasteiger partial charge in [-0.05, 0) is 6.42 Å². The van der Waals surface area contributed by atoms with Crippen LogP contribution in [0.15, 0.2) is 0 Å². The van der Waals surface area contributed by atoms with E-state index in [1.54, 1.807) is 0 Å². The zero-order valence-corrected chi connectivity index (χ0v) is 7.34. The highest BCUT2D eigenvalue weighted by molar-refractivity contribution is 6.67. The van der Waals surface area contributed by atoms with Gasteiger partial charge in [-0.1, -0.05) is 41.7 Å². The summed E-state index contributed by atoms with van der Waals surface area (Å²) in [5.74, 6) is -0.248. The molecule has 0 aromatic rings. The zero-order chi connectivity index (χ0) is 7.49. The van der Waals surface area contributed by atoms with Crippen molar-refractivity contribution in [3.8, 4) is 0 Å². The summed E-state index contributed by atoms with van der Waals surface area (Å²) in [6.45, 7) is 1.79. The first-order valence-electron chi connectivity index (χ1n) is 2.70. The van der Waals surface area contributed by atoms with E-state index >= 15 is 0 Å². The summed E-state index contributed by atoms with van der Waals surface area (Å²) in [4.78, 5) is 0. The molecule has 0 aromatic heterocycles. The van der Waals surface area contributed by atoms with Crippen molar-refractivity contribution in [2.45, 2.75) is 17.1 Å². The van der Waals surface area contributed by atoms with Gasteiger partial charge in [0.2, 0.25) is 0 Å². The Morgan fingerprint density at radius 3 is 1.89 bits per heavy atom. The SMILES string of the molecule is CCC(CO)C(Cl)(Cl)Cl. The van der Waals surface area contributed by atoms with Crippen LogP contribution >= 0.6 is 34.8 Å². The number of hydrogen-bond donors (Lipinski definition) is 1. The average Bonchev–Trinajstić information content (AvgIpc) is 1.65. The van der Waals surface area contributed by atoms with Gasteiger partial charge in [0.05, 0.1) is 0 Å². The van der Waals surface area contributed by atoms with Crippen LogP contribution in [-0.4, -0.2) is 15.5 Å². The van der Waals surface area contributed by atoms with E-state index in [1.807, 2.05) is 6.92 Å². The minimum Gasteiger partial charge on any atom is -0.396 e. The van der Waals surface area contributed by atoms with E-state index in [0.717, 1.165) is 0 Å². The summed E-state index contributed by atoms with van der Waals surface area (Å²) >= 11 is 16.4.